The van der Waals surface area contributed by atoms with Gasteiger partial charge in [-0.05, 0) is 29.2 Å². The van der Waals surface area contributed by atoms with Crippen LogP contribution in [0.5, 0.6) is 0 Å². The Labute approximate surface area is 241 Å². The summed E-state index contributed by atoms with van der Waals surface area (Å²) in [4.78, 5) is 26.7. The van der Waals surface area contributed by atoms with Gasteiger partial charge in [-0.3, -0.25) is 9.59 Å². The maximum atomic E-state index is 13.7. The minimum atomic E-state index is -1.11. The maximum absolute atomic E-state index is 13.7. The molecule has 0 saturated heterocycles. The molecule has 6 nitrogen and oxygen atoms in total. The molecule has 0 amide bonds. The molecular weight excluding hydrogens is 516 g/mol. The fraction of sp³-hybridized carbons (Fsp3) is 0.257. The molecule has 0 aliphatic heterocycles. The quantitative estimate of drug-likeness (QED) is 0.157. The first-order chi connectivity index (χ1) is 20.1. The highest BCUT2D eigenvalue weighted by Crippen LogP contribution is 2.21. The lowest BCUT2D eigenvalue weighted by Crippen LogP contribution is -2.50. The second-order valence-corrected chi connectivity index (χ2v) is 9.75. The van der Waals surface area contributed by atoms with Crippen molar-refractivity contribution in [1.82, 2.24) is 0 Å². The summed E-state index contributed by atoms with van der Waals surface area (Å²) >= 11 is 0. The van der Waals surface area contributed by atoms with Crippen LogP contribution in [0.3, 0.4) is 0 Å². The molecule has 3 atom stereocenters. The minimum Gasteiger partial charge on any atom is -0.369 e. The van der Waals surface area contributed by atoms with Gasteiger partial charge in [0.25, 0.3) is 0 Å². The summed E-state index contributed by atoms with van der Waals surface area (Å²) in [7, 11) is 0. The molecule has 6 heteroatoms. The van der Waals surface area contributed by atoms with Crippen molar-refractivity contribution in [3.8, 4) is 0 Å². The summed E-state index contributed by atoms with van der Waals surface area (Å²) in [6.07, 6.45) is -3.16. The SMILES string of the molecule is CC(=O)[C@H](OCc1ccccc1)C(OCc1ccccc1)[C@H](OCc1ccccc1)C(=O)COCc1ccccc1. The number of hydrogen-bond donors (Lipinski definition) is 0. The normalized spacial score (nSPS) is 13.3. The zero-order valence-electron chi connectivity index (χ0n) is 23.3. The highest BCUT2D eigenvalue weighted by molar-refractivity contribution is 5.87. The highest BCUT2D eigenvalue weighted by Gasteiger charge is 2.39. The smallest absolute Gasteiger partial charge is 0.189 e. The monoisotopic (exact) mass is 552 g/mol. The van der Waals surface area contributed by atoms with Crippen LogP contribution in [0, 0.1) is 0 Å². The van der Waals surface area contributed by atoms with Crippen LogP contribution >= 0.6 is 0 Å². The average molecular weight is 553 g/mol. The Morgan fingerprint density at radius 1 is 0.512 bits per heavy atom. The molecule has 0 N–H and O–H groups in total. The Hall–Kier alpha value is -3.94. The van der Waals surface area contributed by atoms with Crippen molar-refractivity contribution >= 4 is 11.6 Å². The number of benzene rings is 4. The topological polar surface area (TPSA) is 71.1 Å². The second-order valence-electron chi connectivity index (χ2n) is 9.75. The van der Waals surface area contributed by atoms with Crippen LogP contribution in [0.2, 0.25) is 0 Å². The van der Waals surface area contributed by atoms with E-state index in [1.54, 1.807) is 0 Å². The summed E-state index contributed by atoms with van der Waals surface area (Å²) in [6.45, 7) is 2.02. The molecule has 0 aliphatic rings. The van der Waals surface area contributed by atoms with Gasteiger partial charge in [0.1, 0.15) is 24.9 Å². The zero-order chi connectivity index (χ0) is 28.7. The van der Waals surface area contributed by atoms with E-state index in [1.807, 2.05) is 121 Å². The van der Waals surface area contributed by atoms with Crippen LogP contribution in [-0.2, 0) is 55.0 Å². The van der Waals surface area contributed by atoms with E-state index in [0.717, 1.165) is 22.3 Å². The summed E-state index contributed by atoms with van der Waals surface area (Å²) in [5.74, 6) is -0.588. The van der Waals surface area contributed by atoms with Gasteiger partial charge in [0.15, 0.2) is 11.6 Å². The Morgan fingerprint density at radius 2 is 0.878 bits per heavy atom. The van der Waals surface area contributed by atoms with Crippen molar-refractivity contribution in [3.63, 3.8) is 0 Å². The number of hydrogen-bond acceptors (Lipinski definition) is 6. The molecule has 212 valence electrons. The molecule has 0 aliphatic carbocycles. The average Bonchev–Trinajstić information content (AvgIpc) is 3.01. The van der Waals surface area contributed by atoms with Crippen LogP contribution in [0.1, 0.15) is 29.2 Å². The Morgan fingerprint density at radius 3 is 1.29 bits per heavy atom. The van der Waals surface area contributed by atoms with Crippen molar-refractivity contribution in [2.45, 2.75) is 51.7 Å². The molecule has 0 aromatic heterocycles. The van der Waals surface area contributed by atoms with Gasteiger partial charge in [0.2, 0.25) is 0 Å². The lowest BCUT2D eigenvalue weighted by Gasteiger charge is -2.32. The molecule has 4 rings (SSSR count). The van der Waals surface area contributed by atoms with Gasteiger partial charge in [-0.25, -0.2) is 0 Å². The maximum Gasteiger partial charge on any atom is 0.189 e. The lowest BCUT2D eigenvalue weighted by molar-refractivity contribution is -0.174. The Bertz CT molecular complexity index is 1310. The van der Waals surface area contributed by atoms with Crippen molar-refractivity contribution < 1.29 is 28.5 Å². The fourth-order valence-corrected chi connectivity index (χ4v) is 4.36. The fourth-order valence-electron chi connectivity index (χ4n) is 4.36. The molecule has 4 aromatic rings. The molecule has 0 spiro atoms. The number of rotatable bonds is 17. The highest BCUT2D eigenvalue weighted by atomic mass is 16.6. The minimum absolute atomic E-state index is 0.157. The van der Waals surface area contributed by atoms with Crippen LogP contribution in [0.4, 0.5) is 0 Å². The van der Waals surface area contributed by atoms with E-state index in [4.69, 9.17) is 18.9 Å². The Kier molecular flexibility index (Phi) is 12.0. The molecule has 4 aromatic carbocycles. The van der Waals surface area contributed by atoms with E-state index in [-0.39, 0.29) is 44.6 Å². The third-order valence-electron chi connectivity index (χ3n) is 6.50. The van der Waals surface area contributed by atoms with Gasteiger partial charge < -0.3 is 18.9 Å². The summed E-state index contributed by atoms with van der Waals surface area (Å²) in [5, 5.41) is 0. The molecular formula is C35H36O6. The first-order valence-electron chi connectivity index (χ1n) is 13.7. The van der Waals surface area contributed by atoms with Crippen molar-refractivity contribution in [2.75, 3.05) is 6.61 Å². The molecule has 0 saturated carbocycles. The van der Waals surface area contributed by atoms with Crippen LogP contribution in [0.25, 0.3) is 0 Å². The molecule has 1 unspecified atom stereocenters. The summed E-state index contributed by atoms with van der Waals surface area (Å²) in [6, 6.07) is 38.4. The largest absolute Gasteiger partial charge is 0.369 e. The first kappa shape index (κ1) is 30.0. The number of ether oxygens (including phenoxy) is 4. The van der Waals surface area contributed by atoms with Gasteiger partial charge in [0.05, 0.1) is 26.4 Å². The molecule has 41 heavy (non-hydrogen) atoms. The van der Waals surface area contributed by atoms with Gasteiger partial charge in [-0.15, -0.1) is 0 Å². The third-order valence-corrected chi connectivity index (χ3v) is 6.50. The molecule has 0 bridgehead atoms. The van der Waals surface area contributed by atoms with E-state index in [9.17, 15) is 9.59 Å². The summed E-state index contributed by atoms with van der Waals surface area (Å²) in [5.41, 5.74) is 3.64. The number of Topliss-reactive ketones (excluding diaryl/α,β-unsaturated/α-hetero) is 2. The number of carbonyl (C=O) groups excluding carboxylic acids is 2. The van der Waals surface area contributed by atoms with Crippen LogP contribution in [-0.4, -0.2) is 36.5 Å². The van der Waals surface area contributed by atoms with E-state index in [1.165, 1.54) is 6.92 Å². The predicted molar refractivity (Wildman–Crippen MR) is 157 cm³/mol. The first-order valence-corrected chi connectivity index (χ1v) is 13.7. The molecule has 0 heterocycles. The van der Waals surface area contributed by atoms with Gasteiger partial charge >= 0.3 is 0 Å². The van der Waals surface area contributed by atoms with Crippen molar-refractivity contribution in [3.05, 3.63) is 144 Å². The van der Waals surface area contributed by atoms with Gasteiger partial charge in [0, 0.05) is 0 Å². The van der Waals surface area contributed by atoms with E-state index < -0.39 is 18.3 Å². The standard InChI is InChI=1S/C35H36O6/c1-27(36)33(39-23-29-16-8-3-9-17-29)35(41-25-31-20-12-5-13-21-31)34(40-24-30-18-10-4-11-19-30)32(37)26-38-22-28-14-6-2-7-15-28/h2-21,33-35H,22-26H2,1H3/t33-,34+,35?/m0/s1. The number of ketones is 2. The number of carbonyl (C=O) groups is 2. The lowest BCUT2D eigenvalue weighted by atomic mass is 10.0. The summed E-state index contributed by atoms with van der Waals surface area (Å²) < 4.78 is 24.5. The van der Waals surface area contributed by atoms with Gasteiger partial charge in [-0.2, -0.15) is 0 Å². The zero-order valence-corrected chi connectivity index (χ0v) is 23.3. The van der Waals surface area contributed by atoms with Crippen molar-refractivity contribution in [2.24, 2.45) is 0 Å². The molecule has 0 radical (unpaired) electrons. The van der Waals surface area contributed by atoms with Crippen molar-refractivity contribution in [1.29, 1.82) is 0 Å². The Balaban J connectivity index is 1.57. The molecule has 0 fully saturated rings. The van der Waals surface area contributed by atoms with E-state index in [2.05, 4.69) is 0 Å². The van der Waals surface area contributed by atoms with Crippen LogP contribution < -0.4 is 0 Å². The van der Waals surface area contributed by atoms with Gasteiger partial charge in [-0.1, -0.05) is 121 Å². The third kappa shape index (κ3) is 9.88. The second kappa shape index (κ2) is 16.4. The predicted octanol–water partition coefficient (Wildman–Crippen LogP) is 6.12. The van der Waals surface area contributed by atoms with E-state index >= 15 is 0 Å². The van der Waals surface area contributed by atoms with E-state index in [0.29, 0.717) is 0 Å². The van der Waals surface area contributed by atoms with Crippen LogP contribution in [0.15, 0.2) is 121 Å².